The maximum Gasteiger partial charge on any atom is 0.242 e. The lowest BCUT2D eigenvalue weighted by atomic mass is 10.1. The Morgan fingerprint density at radius 2 is 1.68 bits per heavy atom. The van der Waals surface area contributed by atoms with E-state index in [1.54, 1.807) is 26.0 Å². The Bertz CT molecular complexity index is 887. The van der Waals surface area contributed by atoms with Crippen LogP contribution < -0.4 is 10.0 Å². The molecule has 25 heavy (non-hydrogen) atoms. The minimum atomic E-state index is -3.87. The minimum Gasteiger partial charge on any atom is -0.325 e. The predicted molar refractivity (Wildman–Crippen MR) is 95.5 cm³/mol. The summed E-state index contributed by atoms with van der Waals surface area (Å²) in [6.07, 6.45) is 0. The summed E-state index contributed by atoms with van der Waals surface area (Å²) in [5.74, 6) is -1.06. The fourth-order valence-electron chi connectivity index (χ4n) is 2.75. The Morgan fingerprint density at radius 1 is 1.08 bits per heavy atom. The summed E-state index contributed by atoms with van der Waals surface area (Å²) < 4.78 is 40.9. The van der Waals surface area contributed by atoms with Gasteiger partial charge in [-0.1, -0.05) is 23.8 Å². The molecular weight excluding hydrogens is 343 g/mol. The van der Waals surface area contributed by atoms with Crippen LogP contribution in [-0.2, 0) is 14.8 Å². The highest BCUT2D eigenvalue weighted by Gasteiger charge is 2.25. The first-order chi connectivity index (χ1) is 11.6. The van der Waals surface area contributed by atoms with E-state index in [4.69, 9.17) is 0 Å². The Kier molecular flexibility index (Phi) is 5.59. The lowest BCUT2D eigenvalue weighted by molar-refractivity contribution is -0.117. The van der Waals surface area contributed by atoms with Gasteiger partial charge in [0.1, 0.15) is 5.82 Å². The summed E-state index contributed by atoms with van der Waals surface area (Å²) in [6, 6.07) is 7.93. The Labute approximate surface area is 147 Å². The van der Waals surface area contributed by atoms with Crippen molar-refractivity contribution in [2.24, 2.45) is 0 Å². The third-order valence-electron chi connectivity index (χ3n) is 3.69. The van der Waals surface area contributed by atoms with Crippen molar-refractivity contribution >= 4 is 21.6 Å². The van der Waals surface area contributed by atoms with Crippen LogP contribution in [0.25, 0.3) is 0 Å². The number of hydrogen-bond donors (Lipinski definition) is 2. The first kappa shape index (κ1) is 19.1. The number of aryl methyl sites for hydroxylation is 3. The highest BCUT2D eigenvalue weighted by atomic mass is 32.2. The minimum absolute atomic E-state index is 0.170. The molecule has 2 rings (SSSR count). The number of amides is 1. The van der Waals surface area contributed by atoms with Gasteiger partial charge in [-0.05, 0) is 57.0 Å². The standard InChI is InChI=1S/C18H21FN2O3S/c1-11-8-12(2)17(13(3)9-11)25(23,24)21-14(4)18(22)20-16-7-5-6-15(19)10-16/h5-10,14,21H,1-4H3,(H,20,22). The van der Waals surface area contributed by atoms with Crippen LogP contribution in [0.4, 0.5) is 10.1 Å². The van der Waals surface area contributed by atoms with Crippen LogP contribution in [0.5, 0.6) is 0 Å². The van der Waals surface area contributed by atoms with Gasteiger partial charge in [0.05, 0.1) is 10.9 Å². The Morgan fingerprint density at radius 3 is 2.24 bits per heavy atom. The number of carbonyl (C=O) groups is 1. The van der Waals surface area contributed by atoms with E-state index in [2.05, 4.69) is 10.0 Å². The van der Waals surface area contributed by atoms with Gasteiger partial charge in [0.2, 0.25) is 15.9 Å². The summed E-state index contributed by atoms with van der Waals surface area (Å²) in [6.45, 7) is 6.75. The predicted octanol–water partition coefficient (Wildman–Crippen LogP) is 3.06. The van der Waals surface area contributed by atoms with Gasteiger partial charge in [0, 0.05) is 5.69 Å². The fraction of sp³-hybridized carbons (Fsp3) is 0.278. The fourth-order valence-corrected chi connectivity index (χ4v) is 4.41. The van der Waals surface area contributed by atoms with Crippen molar-refractivity contribution in [1.29, 1.82) is 0 Å². The number of hydrogen-bond acceptors (Lipinski definition) is 3. The lowest BCUT2D eigenvalue weighted by Gasteiger charge is -2.17. The van der Waals surface area contributed by atoms with Crippen LogP contribution in [0.15, 0.2) is 41.3 Å². The van der Waals surface area contributed by atoms with Gasteiger partial charge in [-0.25, -0.2) is 12.8 Å². The average Bonchev–Trinajstić information content (AvgIpc) is 2.44. The lowest BCUT2D eigenvalue weighted by Crippen LogP contribution is -2.42. The number of carbonyl (C=O) groups excluding carboxylic acids is 1. The molecule has 2 aromatic carbocycles. The second-order valence-electron chi connectivity index (χ2n) is 6.07. The van der Waals surface area contributed by atoms with Gasteiger partial charge in [-0.2, -0.15) is 4.72 Å². The highest BCUT2D eigenvalue weighted by molar-refractivity contribution is 7.89. The summed E-state index contributed by atoms with van der Waals surface area (Å²) in [4.78, 5) is 12.4. The van der Waals surface area contributed by atoms with Crippen LogP contribution in [0.3, 0.4) is 0 Å². The van der Waals surface area contributed by atoms with Crippen molar-refractivity contribution in [3.8, 4) is 0 Å². The molecule has 0 aromatic heterocycles. The maximum atomic E-state index is 13.2. The monoisotopic (exact) mass is 364 g/mol. The molecule has 2 aromatic rings. The zero-order valence-electron chi connectivity index (χ0n) is 14.6. The molecule has 0 aliphatic heterocycles. The molecule has 1 unspecified atom stereocenters. The third-order valence-corrected chi connectivity index (χ3v) is 5.54. The summed E-state index contributed by atoms with van der Waals surface area (Å²) in [5.41, 5.74) is 2.45. The zero-order chi connectivity index (χ0) is 18.8. The van der Waals surface area contributed by atoms with Crippen LogP contribution in [0.1, 0.15) is 23.6 Å². The number of benzene rings is 2. The third kappa shape index (κ3) is 4.64. The topological polar surface area (TPSA) is 75.3 Å². The molecule has 0 fully saturated rings. The smallest absolute Gasteiger partial charge is 0.242 e. The van der Waals surface area contributed by atoms with Crippen molar-refractivity contribution in [3.63, 3.8) is 0 Å². The number of nitrogens with one attached hydrogen (secondary N) is 2. The quantitative estimate of drug-likeness (QED) is 0.856. The van der Waals surface area contributed by atoms with Crippen LogP contribution in [0, 0.1) is 26.6 Å². The van der Waals surface area contributed by atoms with Crippen LogP contribution in [-0.4, -0.2) is 20.4 Å². The average molecular weight is 364 g/mol. The molecule has 1 amide bonds. The van der Waals surface area contributed by atoms with Gasteiger partial charge in [-0.3, -0.25) is 4.79 Å². The summed E-state index contributed by atoms with van der Waals surface area (Å²) in [7, 11) is -3.87. The number of halogens is 1. The van der Waals surface area contributed by atoms with E-state index in [0.29, 0.717) is 11.1 Å². The van der Waals surface area contributed by atoms with Gasteiger partial charge in [-0.15, -0.1) is 0 Å². The van der Waals surface area contributed by atoms with Crippen molar-refractivity contribution in [1.82, 2.24) is 4.72 Å². The zero-order valence-corrected chi connectivity index (χ0v) is 15.4. The first-order valence-corrected chi connectivity index (χ1v) is 9.25. The Hall–Kier alpha value is -2.25. The number of rotatable bonds is 5. The summed E-state index contributed by atoms with van der Waals surface area (Å²) >= 11 is 0. The number of anilines is 1. The molecule has 0 aliphatic rings. The van der Waals surface area contributed by atoms with Crippen LogP contribution in [0.2, 0.25) is 0 Å². The molecule has 0 saturated heterocycles. The molecule has 0 bridgehead atoms. The van der Waals surface area contributed by atoms with E-state index >= 15 is 0 Å². The first-order valence-electron chi connectivity index (χ1n) is 7.77. The van der Waals surface area contributed by atoms with Crippen molar-refractivity contribution < 1.29 is 17.6 Å². The van der Waals surface area contributed by atoms with Gasteiger partial charge in [0.25, 0.3) is 0 Å². The second kappa shape index (κ2) is 7.33. The molecule has 0 heterocycles. The largest absolute Gasteiger partial charge is 0.325 e. The van der Waals surface area contributed by atoms with E-state index in [0.717, 1.165) is 11.6 Å². The SMILES string of the molecule is Cc1cc(C)c(S(=O)(=O)NC(C)C(=O)Nc2cccc(F)c2)c(C)c1. The summed E-state index contributed by atoms with van der Waals surface area (Å²) in [5, 5.41) is 2.49. The van der Waals surface area contributed by atoms with E-state index < -0.39 is 27.8 Å². The molecule has 7 heteroatoms. The maximum absolute atomic E-state index is 13.2. The van der Waals surface area contributed by atoms with Crippen molar-refractivity contribution in [3.05, 3.63) is 58.9 Å². The van der Waals surface area contributed by atoms with Gasteiger partial charge < -0.3 is 5.32 Å². The molecular formula is C18H21FN2O3S. The van der Waals surface area contributed by atoms with Crippen LogP contribution >= 0.6 is 0 Å². The van der Waals surface area contributed by atoms with E-state index in [1.807, 2.05) is 6.92 Å². The molecule has 5 nitrogen and oxygen atoms in total. The van der Waals surface area contributed by atoms with Crippen molar-refractivity contribution in [2.45, 2.75) is 38.6 Å². The van der Waals surface area contributed by atoms with Gasteiger partial charge >= 0.3 is 0 Å². The molecule has 0 aliphatic carbocycles. The molecule has 2 N–H and O–H groups in total. The molecule has 1 atom stereocenters. The van der Waals surface area contributed by atoms with E-state index in [-0.39, 0.29) is 10.6 Å². The highest BCUT2D eigenvalue weighted by Crippen LogP contribution is 2.22. The van der Waals surface area contributed by atoms with Gasteiger partial charge in [0.15, 0.2) is 0 Å². The van der Waals surface area contributed by atoms with E-state index in [1.165, 1.54) is 25.1 Å². The van der Waals surface area contributed by atoms with Crippen molar-refractivity contribution in [2.75, 3.05) is 5.32 Å². The molecule has 0 radical (unpaired) electrons. The normalized spacial score (nSPS) is 12.7. The number of sulfonamides is 1. The van der Waals surface area contributed by atoms with E-state index in [9.17, 15) is 17.6 Å². The molecule has 0 spiro atoms. The molecule has 0 saturated carbocycles. The Balaban J connectivity index is 2.18. The molecule has 134 valence electrons. The second-order valence-corrected chi connectivity index (χ2v) is 7.72.